The van der Waals surface area contributed by atoms with Gasteiger partial charge in [-0.1, -0.05) is 30.3 Å². The number of hydrazone groups is 1. The third-order valence-electron chi connectivity index (χ3n) is 7.47. The zero-order valence-corrected chi connectivity index (χ0v) is 23.1. The molecule has 3 aromatic carbocycles. The van der Waals surface area contributed by atoms with E-state index in [1.54, 1.807) is 12.1 Å². The van der Waals surface area contributed by atoms with Gasteiger partial charge in [-0.25, -0.2) is 13.8 Å². The van der Waals surface area contributed by atoms with E-state index in [0.717, 1.165) is 24.3 Å². The van der Waals surface area contributed by atoms with E-state index < -0.39 is 47.8 Å². The van der Waals surface area contributed by atoms with Crippen molar-refractivity contribution in [1.29, 1.82) is 0 Å². The third kappa shape index (κ3) is 7.26. The maximum Gasteiger partial charge on any atom is 0.416 e. The zero-order valence-electron chi connectivity index (χ0n) is 23.1. The molecule has 0 unspecified atom stereocenters. The first-order chi connectivity index (χ1) is 20.6. The van der Waals surface area contributed by atoms with E-state index in [4.69, 9.17) is 4.74 Å². The molecule has 226 valence electrons. The van der Waals surface area contributed by atoms with Gasteiger partial charge in [0.15, 0.2) is 0 Å². The molecule has 2 heterocycles. The quantitative estimate of drug-likeness (QED) is 0.336. The van der Waals surface area contributed by atoms with Crippen molar-refractivity contribution in [3.05, 3.63) is 107 Å². The fourth-order valence-electron chi connectivity index (χ4n) is 5.10. The minimum atomic E-state index is -4.56. The minimum Gasteiger partial charge on any atom is -0.379 e. The van der Waals surface area contributed by atoms with Crippen LogP contribution in [-0.2, 0) is 15.7 Å². The number of nitrogens with zero attached hydrogens (tertiary/aromatic N) is 4. The Morgan fingerprint density at radius 1 is 0.930 bits per heavy atom. The number of rotatable bonds is 8. The molecule has 3 aromatic rings. The van der Waals surface area contributed by atoms with Crippen LogP contribution < -0.4 is 0 Å². The number of ether oxygens (including phenoxy) is 1. The first-order valence-electron chi connectivity index (χ1n) is 13.8. The molecule has 1 saturated heterocycles. The van der Waals surface area contributed by atoms with Crippen LogP contribution in [0.3, 0.4) is 0 Å². The van der Waals surface area contributed by atoms with Crippen molar-refractivity contribution in [3.63, 3.8) is 0 Å². The Balaban J connectivity index is 1.42. The topological polar surface area (TPSA) is 65.5 Å². The molecule has 12 heteroatoms. The Labute approximate surface area is 245 Å². The van der Waals surface area contributed by atoms with Crippen molar-refractivity contribution in [2.75, 3.05) is 45.9 Å². The molecule has 0 bridgehead atoms. The number of hydrogen-bond donors (Lipinski definition) is 0. The van der Waals surface area contributed by atoms with E-state index >= 15 is 0 Å². The number of benzene rings is 3. The highest BCUT2D eigenvalue weighted by Crippen LogP contribution is 2.34. The molecule has 1 fully saturated rings. The van der Waals surface area contributed by atoms with Gasteiger partial charge < -0.3 is 9.64 Å². The average Bonchev–Trinajstić information content (AvgIpc) is 3.45. The average molecular weight is 601 g/mol. The van der Waals surface area contributed by atoms with Crippen LogP contribution in [0, 0.1) is 11.6 Å². The van der Waals surface area contributed by atoms with Crippen LogP contribution in [0.5, 0.6) is 0 Å². The molecule has 0 radical (unpaired) electrons. The van der Waals surface area contributed by atoms with E-state index in [-0.39, 0.29) is 24.1 Å². The summed E-state index contributed by atoms with van der Waals surface area (Å²) in [4.78, 5) is 30.7. The van der Waals surface area contributed by atoms with Gasteiger partial charge in [0, 0.05) is 43.7 Å². The fraction of sp³-hybridized carbons (Fsp3) is 0.323. The second-order valence-corrected chi connectivity index (χ2v) is 10.3. The van der Waals surface area contributed by atoms with E-state index in [0.29, 0.717) is 44.1 Å². The molecule has 0 spiro atoms. The summed E-state index contributed by atoms with van der Waals surface area (Å²) in [5.41, 5.74) is 0.201. The summed E-state index contributed by atoms with van der Waals surface area (Å²) in [6, 6.07) is 14.7. The van der Waals surface area contributed by atoms with Gasteiger partial charge in [-0.15, -0.1) is 0 Å². The second kappa shape index (κ2) is 13.0. The molecular formula is C31H29F5N4O3. The van der Waals surface area contributed by atoms with Crippen LogP contribution in [0.2, 0.25) is 0 Å². The molecule has 7 nitrogen and oxygen atoms in total. The largest absolute Gasteiger partial charge is 0.416 e. The van der Waals surface area contributed by atoms with E-state index in [1.807, 2.05) is 0 Å². The summed E-state index contributed by atoms with van der Waals surface area (Å²) in [7, 11) is 0. The summed E-state index contributed by atoms with van der Waals surface area (Å²) in [6.07, 6.45) is -4.41. The van der Waals surface area contributed by atoms with Crippen molar-refractivity contribution in [1.82, 2.24) is 14.8 Å². The molecule has 0 aliphatic carbocycles. The monoisotopic (exact) mass is 600 g/mol. The normalized spacial score (nSPS) is 17.6. The van der Waals surface area contributed by atoms with Gasteiger partial charge in [0.2, 0.25) is 0 Å². The predicted molar refractivity (Wildman–Crippen MR) is 148 cm³/mol. The van der Waals surface area contributed by atoms with Gasteiger partial charge in [-0.05, 0) is 48.0 Å². The Bertz CT molecular complexity index is 1470. The predicted octanol–water partition coefficient (Wildman–Crippen LogP) is 5.14. The molecule has 1 atom stereocenters. The SMILES string of the molecule is O=C(c1ccc(C(F)(F)F)cc1)N(CCN1CCOCC1)CC(=O)N1N=C(c2ccccc2F)C[C@H]1c1ccc(F)cc1. The van der Waals surface area contributed by atoms with Crippen molar-refractivity contribution in [2.24, 2.45) is 5.10 Å². The lowest BCUT2D eigenvalue weighted by Gasteiger charge is -2.31. The molecule has 0 saturated carbocycles. The van der Waals surface area contributed by atoms with Crippen LogP contribution >= 0.6 is 0 Å². The van der Waals surface area contributed by atoms with Crippen LogP contribution in [-0.4, -0.2) is 78.3 Å². The third-order valence-corrected chi connectivity index (χ3v) is 7.47. The van der Waals surface area contributed by atoms with Crippen LogP contribution in [0.25, 0.3) is 0 Å². The van der Waals surface area contributed by atoms with E-state index in [1.165, 1.54) is 46.3 Å². The van der Waals surface area contributed by atoms with Crippen molar-refractivity contribution >= 4 is 17.5 Å². The molecule has 5 rings (SSSR count). The first kappa shape index (κ1) is 30.3. The maximum absolute atomic E-state index is 14.7. The van der Waals surface area contributed by atoms with Gasteiger partial charge >= 0.3 is 6.18 Å². The highest BCUT2D eigenvalue weighted by atomic mass is 19.4. The summed E-state index contributed by atoms with van der Waals surface area (Å²) in [5.74, 6) is -2.18. The molecule has 2 aliphatic heterocycles. The van der Waals surface area contributed by atoms with Gasteiger partial charge in [0.05, 0.1) is 30.5 Å². The summed E-state index contributed by atoms with van der Waals surface area (Å²) in [6.45, 7) is 2.39. The van der Waals surface area contributed by atoms with Crippen LogP contribution in [0.15, 0.2) is 77.9 Å². The number of carbonyl (C=O) groups is 2. The number of hydrogen-bond acceptors (Lipinski definition) is 5. The zero-order chi connectivity index (χ0) is 30.6. The van der Waals surface area contributed by atoms with Gasteiger partial charge in [-0.3, -0.25) is 14.5 Å². The fourth-order valence-corrected chi connectivity index (χ4v) is 5.10. The van der Waals surface area contributed by atoms with Gasteiger partial charge in [0.25, 0.3) is 11.8 Å². The second-order valence-electron chi connectivity index (χ2n) is 10.3. The van der Waals surface area contributed by atoms with E-state index in [2.05, 4.69) is 10.0 Å². The number of morpholine rings is 1. The number of alkyl halides is 3. The number of carbonyl (C=O) groups excluding carboxylic acids is 2. The van der Waals surface area contributed by atoms with Crippen molar-refractivity contribution in [3.8, 4) is 0 Å². The minimum absolute atomic E-state index is 0.00479. The standard InChI is InChI=1S/C31H29F5N4O3/c32-24-11-7-21(8-12-24)28-19-27(25-3-1-2-4-26(25)33)37-40(28)29(41)20-39(14-13-38-15-17-43-18-16-38)30(42)22-5-9-23(10-6-22)31(34,35)36/h1-12,28H,13-20H2/t28-/m0/s1. The van der Waals surface area contributed by atoms with E-state index in [9.17, 15) is 31.5 Å². The molecular weight excluding hydrogens is 571 g/mol. The molecule has 2 amide bonds. The molecule has 43 heavy (non-hydrogen) atoms. The van der Waals surface area contributed by atoms with Crippen LogP contribution in [0.1, 0.15) is 39.5 Å². The summed E-state index contributed by atoms with van der Waals surface area (Å²) >= 11 is 0. The Kier molecular flexibility index (Phi) is 9.16. The lowest BCUT2D eigenvalue weighted by atomic mass is 9.98. The van der Waals surface area contributed by atoms with Gasteiger partial charge in [-0.2, -0.15) is 18.3 Å². The highest BCUT2D eigenvalue weighted by Gasteiger charge is 2.36. The Hall–Kier alpha value is -4.16. The number of amides is 2. The lowest BCUT2D eigenvalue weighted by molar-refractivity contribution is -0.137. The summed E-state index contributed by atoms with van der Waals surface area (Å²) in [5, 5.41) is 5.63. The van der Waals surface area contributed by atoms with Crippen molar-refractivity contribution in [2.45, 2.75) is 18.6 Å². The smallest absolute Gasteiger partial charge is 0.379 e. The number of halogens is 5. The highest BCUT2D eigenvalue weighted by molar-refractivity contribution is 6.04. The molecule has 0 aromatic heterocycles. The Morgan fingerprint density at radius 3 is 2.26 bits per heavy atom. The lowest BCUT2D eigenvalue weighted by Crippen LogP contribution is -2.46. The Morgan fingerprint density at radius 2 is 1.60 bits per heavy atom. The molecule has 0 N–H and O–H groups in total. The van der Waals surface area contributed by atoms with Crippen molar-refractivity contribution < 1.29 is 36.3 Å². The van der Waals surface area contributed by atoms with Gasteiger partial charge in [0.1, 0.15) is 18.2 Å². The maximum atomic E-state index is 14.7. The molecule has 2 aliphatic rings. The van der Waals surface area contributed by atoms with Crippen LogP contribution in [0.4, 0.5) is 22.0 Å². The first-order valence-corrected chi connectivity index (χ1v) is 13.8. The summed E-state index contributed by atoms with van der Waals surface area (Å²) < 4.78 is 73.1.